The number of benzene rings is 1. The number of furan rings is 1. The fraction of sp³-hybridized carbons (Fsp3) is 0.444. The maximum absolute atomic E-state index is 12.8. The lowest BCUT2D eigenvalue weighted by molar-refractivity contribution is 0.339. The van der Waals surface area contributed by atoms with Gasteiger partial charge in [0.25, 0.3) is 0 Å². The number of ether oxygens (including phenoxy) is 1. The molecule has 0 amide bonds. The second kappa shape index (κ2) is 8.04. The zero-order valence-corrected chi connectivity index (χ0v) is 16.7. The van der Waals surface area contributed by atoms with E-state index in [0.29, 0.717) is 18.1 Å². The normalized spacial score (nSPS) is 17.1. The fourth-order valence-electron chi connectivity index (χ4n) is 3.17. The first kappa shape index (κ1) is 19.9. The van der Waals surface area contributed by atoms with E-state index in [1.54, 1.807) is 24.3 Å². The Bertz CT molecular complexity index is 942. The number of piperidine rings is 1. The van der Waals surface area contributed by atoms with Crippen LogP contribution in [0.4, 0.5) is 0 Å². The van der Waals surface area contributed by atoms with Gasteiger partial charge < -0.3 is 9.15 Å². The molecule has 1 saturated heterocycles. The molecular weight excluding hydrogens is 390 g/mol. The van der Waals surface area contributed by atoms with Crippen molar-refractivity contribution in [2.45, 2.75) is 35.7 Å². The van der Waals surface area contributed by atoms with E-state index in [1.807, 2.05) is 6.92 Å². The molecule has 0 saturated carbocycles. The van der Waals surface area contributed by atoms with E-state index >= 15 is 0 Å². The number of sulfone groups is 1. The number of hydrogen-bond acceptors (Lipinski definition) is 6. The maximum atomic E-state index is 12.8. The van der Waals surface area contributed by atoms with Crippen LogP contribution in [0.5, 0.6) is 5.75 Å². The highest BCUT2D eigenvalue weighted by Crippen LogP contribution is 2.26. The Morgan fingerprint density at radius 2 is 1.74 bits per heavy atom. The predicted molar refractivity (Wildman–Crippen MR) is 101 cm³/mol. The molecule has 2 aromatic rings. The third-order valence-corrected chi connectivity index (χ3v) is 8.69. The quantitative estimate of drug-likeness (QED) is 0.692. The average Bonchev–Trinajstić information content (AvgIpc) is 3.15. The smallest absolute Gasteiger partial charge is 0.243 e. The van der Waals surface area contributed by atoms with Gasteiger partial charge in [-0.1, -0.05) is 0 Å². The Morgan fingerprint density at radius 3 is 2.30 bits per heavy atom. The van der Waals surface area contributed by atoms with Crippen LogP contribution in [-0.2, 0) is 25.6 Å². The van der Waals surface area contributed by atoms with Crippen molar-refractivity contribution in [3.63, 3.8) is 0 Å². The van der Waals surface area contributed by atoms with Gasteiger partial charge in [0.05, 0.1) is 23.0 Å². The van der Waals surface area contributed by atoms with Crippen LogP contribution in [0.1, 0.15) is 25.5 Å². The van der Waals surface area contributed by atoms with Gasteiger partial charge in [-0.15, -0.1) is 0 Å². The molecule has 27 heavy (non-hydrogen) atoms. The summed E-state index contributed by atoms with van der Waals surface area (Å²) in [5.41, 5.74) is 0. The fourth-order valence-corrected chi connectivity index (χ4v) is 6.36. The molecule has 0 aliphatic carbocycles. The molecule has 1 aromatic heterocycles. The Balaban J connectivity index is 1.65. The minimum atomic E-state index is -3.65. The van der Waals surface area contributed by atoms with Crippen LogP contribution in [0.15, 0.2) is 52.0 Å². The van der Waals surface area contributed by atoms with Gasteiger partial charge in [-0.05, 0) is 56.2 Å². The first-order chi connectivity index (χ1) is 12.8. The molecule has 3 rings (SSSR count). The third-order valence-electron chi connectivity index (χ3n) is 4.60. The highest BCUT2D eigenvalue weighted by Gasteiger charge is 2.35. The molecule has 1 fully saturated rings. The van der Waals surface area contributed by atoms with Gasteiger partial charge in [0.2, 0.25) is 10.0 Å². The summed E-state index contributed by atoms with van der Waals surface area (Å²) in [6, 6.07) is 9.55. The summed E-state index contributed by atoms with van der Waals surface area (Å²) >= 11 is 0. The molecule has 9 heteroatoms. The molecule has 1 aliphatic heterocycles. The minimum absolute atomic E-state index is 0.156. The number of sulfonamides is 1. The number of hydrogen-bond donors (Lipinski definition) is 0. The van der Waals surface area contributed by atoms with E-state index in [0.717, 1.165) is 0 Å². The van der Waals surface area contributed by atoms with Crippen LogP contribution in [-0.4, -0.2) is 46.1 Å². The van der Waals surface area contributed by atoms with Crippen molar-refractivity contribution in [3.05, 3.63) is 48.4 Å². The summed E-state index contributed by atoms with van der Waals surface area (Å²) in [6.07, 6.45) is 2.00. The summed E-state index contributed by atoms with van der Waals surface area (Å²) in [6.45, 7) is 2.72. The van der Waals surface area contributed by atoms with Crippen LogP contribution in [0, 0.1) is 0 Å². The van der Waals surface area contributed by atoms with E-state index in [1.165, 1.54) is 22.7 Å². The van der Waals surface area contributed by atoms with Crippen molar-refractivity contribution in [1.82, 2.24) is 4.31 Å². The van der Waals surface area contributed by atoms with Crippen LogP contribution in [0.25, 0.3) is 0 Å². The molecule has 0 unspecified atom stereocenters. The molecule has 0 bridgehead atoms. The van der Waals surface area contributed by atoms with Gasteiger partial charge in [-0.25, -0.2) is 16.8 Å². The SMILES string of the molecule is CCOc1ccc(S(=O)(=O)N2CCC(S(=O)(=O)Cc3ccco3)CC2)cc1. The summed E-state index contributed by atoms with van der Waals surface area (Å²) in [5, 5.41) is -0.561. The average molecular weight is 414 g/mol. The monoisotopic (exact) mass is 413 g/mol. The molecule has 1 aliphatic rings. The lowest BCUT2D eigenvalue weighted by Gasteiger charge is -2.30. The van der Waals surface area contributed by atoms with Gasteiger partial charge >= 0.3 is 0 Å². The second-order valence-electron chi connectivity index (χ2n) is 6.39. The minimum Gasteiger partial charge on any atom is -0.494 e. The number of rotatable bonds is 7. The Labute approximate surface area is 159 Å². The van der Waals surface area contributed by atoms with Crippen molar-refractivity contribution in [1.29, 1.82) is 0 Å². The second-order valence-corrected chi connectivity index (χ2v) is 10.6. The van der Waals surface area contributed by atoms with E-state index in [4.69, 9.17) is 9.15 Å². The molecule has 2 heterocycles. The Morgan fingerprint density at radius 1 is 1.07 bits per heavy atom. The van der Waals surface area contributed by atoms with Gasteiger partial charge in [-0.3, -0.25) is 0 Å². The van der Waals surface area contributed by atoms with Crippen LogP contribution in [0.3, 0.4) is 0 Å². The predicted octanol–water partition coefficient (Wildman–Crippen LogP) is 2.45. The highest BCUT2D eigenvalue weighted by atomic mass is 32.2. The molecule has 1 aromatic carbocycles. The van der Waals surface area contributed by atoms with Crippen molar-refractivity contribution in [2.24, 2.45) is 0 Å². The van der Waals surface area contributed by atoms with Crippen LogP contribution in [0.2, 0.25) is 0 Å². The van der Waals surface area contributed by atoms with Gasteiger partial charge in [-0.2, -0.15) is 4.31 Å². The molecule has 0 spiro atoms. The topological polar surface area (TPSA) is 93.9 Å². The largest absolute Gasteiger partial charge is 0.494 e. The molecule has 7 nitrogen and oxygen atoms in total. The Hall–Kier alpha value is -1.84. The third kappa shape index (κ3) is 4.53. The zero-order valence-electron chi connectivity index (χ0n) is 15.1. The first-order valence-electron chi connectivity index (χ1n) is 8.80. The standard InChI is InChI=1S/C18H23NO6S2/c1-2-24-15-5-7-18(8-6-15)27(22,23)19-11-9-17(10-12-19)26(20,21)14-16-4-3-13-25-16/h3-8,13,17H,2,9-12,14H2,1H3. The van der Waals surface area contributed by atoms with Crippen molar-refractivity contribution in [3.8, 4) is 5.75 Å². The zero-order chi connectivity index (χ0) is 19.5. The lowest BCUT2D eigenvalue weighted by atomic mass is 10.2. The van der Waals surface area contributed by atoms with E-state index in [2.05, 4.69) is 0 Å². The molecule has 0 atom stereocenters. The summed E-state index contributed by atoms with van der Waals surface area (Å²) < 4.78 is 62.5. The first-order valence-corrected chi connectivity index (χ1v) is 12.0. The summed E-state index contributed by atoms with van der Waals surface area (Å²) in [5.74, 6) is 0.856. The van der Waals surface area contributed by atoms with Gasteiger partial charge in [0.15, 0.2) is 9.84 Å². The van der Waals surface area contributed by atoms with Crippen LogP contribution < -0.4 is 4.74 Å². The molecule has 148 valence electrons. The summed E-state index contributed by atoms with van der Waals surface area (Å²) in [7, 11) is -7.03. The molecule has 0 radical (unpaired) electrons. The van der Waals surface area contributed by atoms with Crippen molar-refractivity contribution in [2.75, 3.05) is 19.7 Å². The van der Waals surface area contributed by atoms with Crippen molar-refractivity contribution < 1.29 is 26.0 Å². The highest BCUT2D eigenvalue weighted by molar-refractivity contribution is 7.91. The van der Waals surface area contributed by atoms with Crippen molar-refractivity contribution >= 4 is 19.9 Å². The van der Waals surface area contributed by atoms with Gasteiger partial charge in [0, 0.05) is 13.1 Å². The Kier molecular flexibility index (Phi) is 5.92. The van der Waals surface area contributed by atoms with E-state index in [-0.39, 0.29) is 36.6 Å². The maximum Gasteiger partial charge on any atom is 0.243 e. The summed E-state index contributed by atoms with van der Waals surface area (Å²) in [4.78, 5) is 0.183. The molecule has 0 N–H and O–H groups in total. The van der Waals surface area contributed by atoms with E-state index < -0.39 is 25.1 Å². The lowest BCUT2D eigenvalue weighted by Crippen LogP contribution is -2.42. The molecular formula is C18H23NO6S2. The van der Waals surface area contributed by atoms with Gasteiger partial charge in [0.1, 0.15) is 17.3 Å². The van der Waals surface area contributed by atoms with Crippen LogP contribution >= 0.6 is 0 Å². The number of nitrogens with zero attached hydrogens (tertiary/aromatic N) is 1. The van der Waals surface area contributed by atoms with E-state index in [9.17, 15) is 16.8 Å².